The standard InChI is InChI=1S/C18H21ClN4O/c1-13-21-16(18(24)23-10-2-3-11-23)12-17(22-13)20-9-8-14-4-6-15(19)7-5-14/h4-7,12H,2-3,8-11H2,1H3,(H,20,21,22). The zero-order valence-corrected chi connectivity index (χ0v) is 14.5. The fraction of sp³-hybridized carbons (Fsp3) is 0.389. The van der Waals surface area contributed by atoms with Gasteiger partial charge in [-0.2, -0.15) is 0 Å². The molecule has 24 heavy (non-hydrogen) atoms. The maximum atomic E-state index is 12.5. The summed E-state index contributed by atoms with van der Waals surface area (Å²) in [7, 11) is 0. The van der Waals surface area contributed by atoms with E-state index in [2.05, 4.69) is 15.3 Å². The summed E-state index contributed by atoms with van der Waals surface area (Å²) in [6.07, 6.45) is 3.00. The van der Waals surface area contributed by atoms with Gasteiger partial charge < -0.3 is 10.2 Å². The molecule has 1 amide bonds. The third-order valence-corrected chi connectivity index (χ3v) is 4.34. The SMILES string of the molecule is Cc1nc(NCCc2ccc(Cl)cc2)cc(C(=O)N2CCCC2)n1. The molecule has 1 aromatic carbocycles. The molecule has 6 heteroatoms. The normalized spacial score (nSPS) is 14.0. The Labute approximate surface area is 147 Å². The van der Waals surface area contributed by atoms with Gasteiger partial charge in [0.2, 0.25) is 0 Å². The Morgan fingerprint density at radius 3 is 2.62 bits per heavy atom. The van der Waals surface area contributed by atoms with Gasteiger partial charge in [-0.25, -0.2) is 9.97 Å². The quantitative estimate of drug-likeness (QED) is 0.903. The lowest BCUT2D eigenvalue weighted by molar-refractivity contribution is 0.0786. The number of aryl methyl sites for hydroxylation is 1. The van der Waals surface area contributed by atoms with E-state index < -0.39 is 0 Å². The number of halogens is 1. The second-order valence-electron chi connectivity index (χ2n) is 5.99. The van der Waals surface area contributed by atoms with Crippen molar-refractivity contribution in [2.45, 2.75) is 26.2 Å². The number of carbonyl (C=O) groups excluding carboxylic acids is 1. The molecule has 2 aromatic rings. The maximum Gasteiger partial charge on any atom is 0.272 e. The molecular weight excluding hydrogens is 324 g/mol. The molecule has 0 aliphatic carbocycles. The molecule has 0 spiro atoms. The fourth-order valence-corrected chi connectivity index (χ4v) is 2.96. The van der Waals surface area contributed by atoms with Crippen molar-refractivity contribution in [2.24, 2.45) is 0 Å². The van der Waals surface area contributed by atoms with Crippen LogP contribution in [0.4, 0.5) is 5.82 Å². The first kappa shape index (κ1) is 16.7. The molecule has 1 aliphatic heterocycles. The lowest BCUT2D eigenvalue weighted by atomic mass is 10.1. The van der Waals surface area contributed by atoms with E-state index in [4.69, 9.17) is 11.6 Å². The molecule has 2 heterocycles. The fourth-order valence-electron chi connectivity index (χ4n) is 2.84. The maximum absolute atomic E-state index is 12.5. The Hall–Kier alpha value is -2.14. The molecule has 1 fully saturated rings. The van der Waals surface area contributed by atoms with Crippen molar-refractivity contribution in [1.29, 1.82) is 0 Å². The summed E-state index contributed by atoms with van der Waals surface area (Å²) in [5.74, 6) is 1.30. The van der Waals surface area contributed by atoms with Crippen LogP contribution in [0.1, 0.15) is 34.7 Å². The molecule has 1 aromatic heterocycles. The van der Waals surface area contributed by atoms with Crippen molar-refractivity contribution in [3.8, 4) is 0 Å². The van der Waals surface area contributed by atoms with Crippen LogP contribution < -0.4 is 5.32 Å². The van der Waals surface area contributed by atoms with E-state index in [0.29, 0.717) is 17.3 Å². The molecule has 0 bridgehead atoms. The summed E-state index contributed by atoms with van der Waals surface area (Å²) in [6, 6.07) is 9.54. The number of amides is 1. The van der Waals surface area contributed by atoms with E-state index in [0.717, 1.165) is 43.9 Å². The molecule has 1 aliphatic rings. The lowest BCUT2D eigenvalue weighted by Crippen LogP contribution is -2.28. The van der Waals surface area contributed by atoms with Crippen molar-refractivity contribution in [3.05, 3.63) is 52.4 Å². The van der Waals surface area contributed by atoms with E-state index >= 15 is 0 Å². The van der Waals surface area contributed by atoms with Crippen molar-refractivity contribution in [2.75, 3.05) is 25.0 Å². The minimum atomic E-state index is -0.00116. The zero-order chi connectivity index (χ0) is 16.9. The van der Waals surface area contributed by atoms with E-state index in [1.807, 2.05) is 36.1 Å². The highest BCUT2D eigenvalue weighted by molar-refractivity contribution is 6.30. The van der Waals surface area contributed by atoms with E-state index in [1.165, 1.54) is 5.56 Å². The Morgan fingerprint density at radius 1 is 1.21 bits per heavy atom. The molecule has 126 valence electrons. The third kappa shape index (κ3) is 4.23. The van der Waals surface area contributed by atoms with Crippen LogP contribution in [-0.2, 0) is 6.42 Å². The van der Waals surface area contributed by atoms with Gasteiger partial charge in [0.05, 0.1) is 0 Å². The van der Waals surface area contributed by atoms with Crippen LogP contribution in [0.2, 0.25) is 5.02 Å². The number of hydrogen-bond donors (Lipinski definition) is 1. The first-order valence-corrected chi connectivity index (χ1v) is 8.63. The molecule has 0 saturated carbocycles. The summed E-state index contributed by atoms with van der Waals surface area (Å²) in [4.78, 5) is 23.0. The summed E-state index contributed by atoms with van der Waals surface area (Å²) >= 11 is 5.89. The minimum Gasteiger partial charge on any atom is -0.370 e. The smallest absolute Gasteiger partial charge is 0.272 e. The predicted octanol–water partition coefficient (Wildman–Crippen LogP) is 3.33. The van der Waals surface area contributed by atoms with Crippen LogP contribution in [-0.4, -0.2) is 40.4 Å². The number of benzene rings is 1. The van der Waals surface area contributed by atoms with Gasteiger partial charge in [0.15, 0.2) is 0 Å². The molecule has 5 nitrogen and oxygen atoms in total. The number of nitrogens with zero attached hydrogens (tertiary/aromatic N) is 3. The van der Waals surface area contributed by atoms with E-state index in [-0.39, 0.29) is 5.91 Å². The van der Waals surface area contributed by atoms with E-state index in [9.17, 15) is 4.79 Å². The highest BCUT2D eigenvalue weighted by Crippen LogP contribution is 2.15. The monoisotopic (exact) mass is 344 g/mol. The van der Waals surface area contributed by atoms with Gasteiger partial charge >= 0.3 is 0 Å². The van der Waals surface area contributed by atoms with E-state index in [1.54, 1.807) is 6.07 Å². The van der Waals surface area contributed by atoms with Crippen LogP contribution in [0.25, 0.3) is 0 Å². The average molecular weight is 345 g/mol. The first-order valence-electron chi connectivity index (χ1n) is 8.25. The second kappa shape index (κ2) is 7.62. The second-order valence-corrected chi connectivity index (χ2v) is 6.42. The minimum absolute atomic E-state index is 0.00116. The third-order valence-electron chi connectivity index (χ3n) is 4.08. The zero-order valence-electron chi connectivity index (χ0n) is 13.8. The van der Waals surface area contributed by atoms with Gasteiger partial charge in [-0.3, -0.25) is 4.79 Å². The van der Waals surface area contributed by atoms with Gasteiger partial charge in [0, 0.05) is 30.7 Å². The number of anilines is 1. The summed E-state index contributed by atoms with van der Waals surface area (Å²) in [5, 5.41) is 4.02. The Bertz CT molecular complexity index is 711. The Morgan fingerprint density at radius 2 is 1.92 bits per heavy atom. The highest BCUT2D eigenvalue weighted by Gasteiger charge is 2.21. The number of hydrogen-bond acceptors (Lipinski definition) is 4. The highest BCUT2D eigenvalue weighted by atomic mass is 35.5. The van der Waals surface area contributed by atoms with Crippen molar-refractivity contribution < 1.29 is 4.79 Å². The summed E-state index contributed by atoms with van der Waals surface area (Å²) in [5.41, 5.74) is 1.67. The van der Waals surface area contributed by atoms with Gasteiger partial charge in [-0.05, 0) is 43.9 Å². The molecule has 3 rings (SSSR count). The van der Waals surface area contributed by atoms with Gasteiger partial charge in [0.1, 0.15) is 17.3 Å². The number of aromatic nitrogens is 2. The predicted molar refractivity (Wildman–Crippen MR) is 95.6 cm³/mol. The van der Waals surface area contributed by atoms with Crippen molar-refractivity contribution in [1.82, 2.24) is 14.9 Å². The van der Waals surface area contributed by atoms with Crippen LogP contribution in [0.15, 0.2) is 30.3 Å². The molecule has 0 atom stereocenters. The molecular formula is C18H21ClN4O. The van der Waals surface area contributed by atoms with Gasteiger partial charge in [0.25, 0.3) is 5.91 Å². The van der Waals surface area contributed by atoms with Gasteiger partial charge in [-0.15, -0.1) is 0 Å². The van der Waals surface area contributed by atoms with Crippen LogP contribution in [0.3, 0.4) is 0 Å². The molecule has 1 N–H and O–H groups in total. The number of rotatable bonds is 5. The first-order chi connectivity index (χ1) is 11.6. The van der Waals surface area contributed by atoms with Crippen molar-refractivity contribution >= 4 is 23.3 Å². The average Bonchev–Trinajstić information content (AvgIpc) is 3.10. The summed E-state index contributed by atoms with van der Waals surface area (Å²) < 4.78 is 0. The Balaban J connectivity index is 1.62. The molecule has 1 saturated heterocycles. The largest absolute Gasteiger partial charge is 0.370 e. The summed E-state index contributed by atoms with van der Waals surface area (Å²) in [6.45, 7) is 4.18. The number of nitrogens with one attached hydrogen (secondary N) is 1. The van der Waals surface area contributed by atoms with Crippen LogP contribution in [0, 0.1) is 6.92 Å². The van der Waals surface area contributed by atoms with Crippen molar-refractivity contribution in [3.63, 3.8) is 0 Å². The van der Waals surface area contributed by atoms with Crippen LogP contribution >= 0.6 is 11.6 Å². The van der Waals surface area contributed by atoms with Crippen LogP contribution in [0.5, 0.6) is 0 Å². The molecule has 0 unspecified atom stereocenters. The topological polar surface area (TPSA) is 58.1 Å². The van der Waals surface area contributed by atoms with Gasteiger partial charge in [-0.1, -0.05) is 23.7 Å². The Kier molecular flexibility index (Phi) is 5.30. The molecule has 0 radical (unpaired) electrons. The number of carbonyl (C=O) groups is 1. The lowest BCUT2D eigenvalue weighted by Gasteiger charge is -2.15. The number of likely N-dealkylation sites (tertiary alicyclic amines) is 1.